The predicted octanol–water partition coefficient (Wildman–Crippen LogP) is 3.23. The van der Waals surface area contributed by atoms with Crippen LogP contribution in [0.25, 0.3) is 11.1 Å². The van der Waals surface area contributed by atoms with Crippen LogP contribution < -0.4 is 19.9 Å². The van der Waals surface area contributed by atoms with Gasteiger partial charge in [0.05, 0.1) is 14.2 Å². The molecule has 27 heavy (non-hydrogen) atoms. The summed E-state index contributed by atoms with van der Waals surface area (Å²) in [6, 6.07) is 13.9. The topological polar surface area (TPSA) is 117 Å². The largest absolute Gasteiger partial charge is 0.479 e. The fourth-order valence-corrected chi connectivity index (χ4v) is 2.56. The minimum Gasteiger partial charge on any atom is -0.479 e. The van der Waals surface area contributed by atoms with E-state index < -0.39 is 5.97 Å². The van der Waals surface area contributed by atoms with Crippen LogP contribution in [0.2, 0.25) is 0 Å². The van der Waals surface area contributed by atoms with Gasteiger partial charge >= 0.3 is 12.0 Å². The summed E-state index contributed by atoms with van der Waals surface area (Å²) in [7, 11) is 2.78. The SMILES string of the molecule is COc1nc(Oc2cccc(-c3ccccc3)c2C(=O)O)nc(OC)c1N. The standard InChI is InChI=1S/C19H17N3O5/c1-25-16-15(20)17(26-2)22-19(21-16)27-13-10-6-9-12(14(13)18(23)24)11-7-4-3-5-8-11/h3-10H,20H2,1-2H3,(H,23,24). The lowest BCUT2D eigenvalue weighted by molar-refractivity contribution is 0.0695. The number of rotatable bonds is 6. The van der Waals surface area contributed by atoms with Gasteiger partial charge in [0.2, 0.25) is 11.8 Å². The van der Waals surface area contributed by atoms with Crippen molar-refractivity contribution in [1.82, 2.24) is 9.97 Å². The predicted molar refractivity (Wildman–Crippen MR) is 98.5 cm³/mol. The van der Waals surface area contributed by atoms with Gasteiger partial charge in [0.15, 0.2) is 5.69 Å². The number of carbonyl (C=O) groups is 1. The summed E-state index contributed by atoms with van der Waals surface area (Å²) >= 11 is 0. The molecular weight excluding hydrogens is 350 g/mol. The molecule has 0 unspecified atom stereocenters. The van der Waals surface area contributed by atoms with Crippen LogP contribution in [-0.2, 0) is 0 Å². The van der Waals surface area contributed by atoms with Gasteiger partial charge in [0.1, 0.15) is 11.3 Å². The van der Waals surface area contributed by atoms with Crippen molar-refractivity contribution in [2.75, 3.05) is 20.0 Å². The number of nitrogens with zero attached hydrogens (tertiary/aromatic N) is 2. The number of aromatic nitrogens is 2. The molecule has 1 aromatic heterocycles. The van der Waals surface area contributed by atoms with Crippen LogP contribution in [0.5, 0.6) is 23.5 Å². The summed E-state index contributed by atoms with van der Waals surface area (Å²) in [4.78, 5) is 20.0. The first-order valence-electron chi connectivity index (χ1n) is 7.90. The van der Waals surface area contributed by atoms with Crippen LogP contribution in [0.15, 0.2) is 48.5 Å². The van der Waals surface area contributed by atoms with Crippen molar-refractivity contribution in [2.24, 2.45) is 0 Å². The molecule has 8 nitrogen and oxygen atoms in total. The number of hydrogen-bond donors (Lipinski definition) is 2. The third-order valence-corrected chi connectivity index (χ3v) is 3.77. The Kier molecular flexibility index (Phi) is 5.07. The van der Waals surface area contributed by atoms with Gasteiger partial charge < -0.3 is 25.1 Å². The van der Waals surface area contributed by atoms with Gasteiger partial charge in [-0.05, 0) is 17.2 Å². The molecule has 138 valence electrons. The van der Waals surface area contributed by atoms with Crippen molar-refractivity contribution in [3.05, 3.63) is 54.1 Å². The first-order chi connectivity index (χ1) is 13.0. The molecule has 3 N–H and O–H groups in total. The van der Waals surface area contributed by atoms with E-state index in [1.54, 1.807) is 12.1 Å². The van der Waals surface area contributed by atoms with E-state index in [2.05, 4.69) is 9.97 Å². The van der Waals surface area contributed by atoms with Gasteiger partial charge in [-0.2, -0.15) is 9.97 Å². The normalized spacial score (nSPS) is 10.3. The molecule has 0 aliphatic carbocycles. The van der Waals surface area contributed by atoms with Crippen LogP contribution in [-0.4, -0.2) is 35.3 Å². The molecule has 2 aromatic carbocycles. The molecule has 0 aliphatic heterocycles. The molecule has 0 amide bonds. The summed E-state index contributed by atoms with van der Waals surface area (Å²) < 4.78 is 15.8. The fraction of sp³-hybridized carbons (Fsp3) is 0.105. The number of hydrogen-bond acceptors (Lipinski definition) is 7. The number of benzene rings is 2. The van der Waals surface area contributed by atoms with Crippen LogP contribution in [0.3, 0.4) is 0 Å². The molecule has 0 bridgehead atoms. The second-order valence-corrected chi connectivity index (χ2v) is 5.39. The number of ether oxygens (including phenoxy) is 3. The zero-order chi connectivity index (χ0) is 19.4. The zero-order valence-electron chi connectivity index (χ0n) is 14.7. The van der Waals surface area contributed by atoms with Gasteiger partial charge in [-0.15, -0.1) is 0 Å². The lowest BCUT2D eigenvalue weighted by Gasteiger charge is -2.13. The smallest absolute Gasteiger partial charge is 0.340 e. The fourth-order valence-electron chi connectivity index (χ4n) is 2.56. The molecule has 1 heterocycles. The second-order valence-electron chi connectivity index (χ2n) is 5.39. The van der Waals surface area contributed by atoms with E-state index in [9.17, 15) is 9.90 Å². The monoisotopic (exact) mass is 367 g/mol. The first-order valence-corrected chi connectivity index (χ1v) is 7.90. The molecule has 3 aromatic rings. The van der Waals surface area contributed by atoms with Crippen LogP contribution in [0.1, 0.15) is 10.4 Å². The quantitative estimate of drug-likeness (QED) is 0.682. The van der Waals surface area contributed by atoms with Crippen molar-refractivity contribution in [2.45, 2.75) is 0 Å². The van der Waals surface area contributed by atoms with Gasteiger partial charge in [0, 0.05) is 0 Å². The number of methoxy groups -OCH3 is 2. The molecule has 0 atom stereocenters. The highest BCUT2D eigenvalue weighted by Crippen LogP contribution is 2.35. The summed E-state index contributed by atoms with van der Waals surface area (Å²) in [6.45, 7) is 0. The lowest BCUT2D eigenvalue weighted by atomic mass is 9.99. The van der Waals surface area contributed by atoms with Crippen molar-refractivity contribution < 1.29 is 24.1 Å². The van der Waals surface area contributed by atoms with E-state index in [4.69, 9.17) is 19.9 Å². The van der Waals surface area contributed by atoms with Crippen molar-refractivity contribution in [3.63, 3.8) is 0 Å². The Morgan fingerprint density at radius 1 is 0.963 bits per heavy atom. The van der Waals surface area contributed by atoms with E-state index in [1.165, 1.54) is 20.3 Å². The molecule has 0 saturated heterocycles. The van der Waals surface area contributed by atoms with E-state index in [0.717, 1.165) is 5.56 Å². The maximum Gasteiger partial charge on any atom is 0.340 e. The van der Waals surface area contributed by atoms with Crippen LogP contribution in [0.4, 0.5) is 5.69 Å². The average molecular weight is 367 g/mol. The van der Waals surface area contributed by atoms with Crippen molar-refractivity contribution >= 4 is 11.7 Å². The average Bonchev–Trinajstić information content (AvgIpc) is 2.69. The van der Waals surface area contributed by atoms with E-state index >= 15 is 0 Å². The third-order valence-electron chi connectivity index (χ3n) is 3.77. The van der Waals surface area contributed by atoms with E-state index in [0.29, 0.717) is 5.56 Å². The van der Waals surface area contributed by atoms with E-state index in [1.807, 2.05) is 30.3 Å². The third kappa shape index (κ3) is 3.59. The zero-order valence-corrected chi connectivity index (χ0v) is 14.7. The first kappa shape index (κ1) is 18.0. The van der Waals surface area contributed by atoms with Crippen LogP contribution in [0, 0.1) is 0 Å². The minimum absolute atomic E-state index is 0.0120. The van der Waals surface area contributed by atoms with E-state index in [-0.39, 0.29) is 34.8 Å². The Morgan fingerprint density at radius 3 is 2.15 bits per heavy atom. The maximum absolute atomic E-state index is 11.9. The Labute approximate surface area is 155 Å². The Morgan fingerprint density at radius 2 is 1.59 bits per heavy atom. The summed E-state index contributed by atoms with van der Waals surface area (Å²) in [6.07, 6.45) is 0. The highest BCUT2D eigenvalue weighted by molar-refractivity contribution is 5.99. The summed E-state index contributed by atoms with van der Waals surface area (Å²) in [5.41, 5.74) is 7.18. The highest BCUT2D eigenvalue weighted by atomic mass is 16.5. The minimum atomic E-state index is -1.14. The van der Waals surface area contributed by atoms with Crippen molar-refractivity contribution in [3.8, 4) is 34.6 Å². The molecule has 0 saturated carbocycles. The van der Waals surface area contributed by atoms with Gasteiger partial charge in [-0.3, -0.25) is 0 Å². The molecule has 0 aliphatic rings. The highest BCUT2D eigenvalue weighted by Gasteiger charge is 2.21. The molecule has 0 fully saturated rings. The number of aromatic carboxylic acids is 1. The number of carboxylic acid groups (broad SMARTS) is 1. The molecule has 0 spiro atoms. The van der Waals surface area contributed by atoms with Gasteiger partial charge in [0.25, 0.3) is 0 Å². The second kappa shape index (κ2) is 7.61. The molecule has 3 rings (SSSR count). The lowest BCUT2D eigenvalue weighted by Crippen LogP contribution is -2.06. The summed E-state index contributed by atoms with van der Waals surface area (Å²) in [5.74, 6) is -0.933. The Hall–Kier alpha value is -3.81. The molecule has 0 radical (unpaired) electrons. The van der Waals surface area contributed by atoms with Gasteiger partial charge in [-0.25, -0.2) is 4.79 Å². The summed E-state index contributed by atoms with van der Waals surface area (Å²) in [5, 5.41) is 9.74. The maximum atomic E-state index is 11.9. The van der Waals surface area contributed by atoms with Gasteiger partial charge in [-0.1, -0.05) is 42.5 Å². The number of nitrogens with two attached hydrogens (primary N) is 1. The number of carboxylic acids is 1. The van der Waals surface area contributed by atoms with Crippen molar-refractivity contribution in [1.29, 1.82) is 0 Å². The Bertz CT molecular complexity index is 951. The number of anilines is 1. The van der Waals surface area contributed by atoms with Crippen LogP contribution >= 0.6 is 0 Å². The molecule has 8 heteroatoms. The molecular formula is C19H17N3O5. The number of nitrogen functional groups attached to an aromatic ring is 1. The Balaban J connectivity index is 2.10.